The molecule has 0 unspecified atom stereocenters. The van der Waals surface area contributed by atoms with Crippen LogP contribution in [-0.4, -0.2) is 0 Å². The molecule has 1 nitrogen and oxygen atoms in total. The Morgan fingerprint density at radius 2 is 0.661 bits per heavy atom. The fraction of sp³-hybridized carbons (Fsp3) is 0.115. The first-order valence-electron chi connectivity index (χ1n) is 21.8. The summed E-state index contributed by atoms with van der Waals surface area (Å²) in [5.74, 6) is 0. The van der Waals surface area contributed by atoms with Crippen LogP contribution >= 0.6 is 0 Å². The lowest BCUT2D eigenvalue weighted by atomic mass is 9.86. The Labute approximate surface area is 368 Å². The topological polar surface area (TPSA) is 3.24 Å². The fourth-order valence-electron chi connectivity index (χ4n) is 9.62. The molecule has 0 aliphatic rings. The number of benzene rings is 9. The van der Waals surface area contributed by atoms with Gasteiger partial charge in [0.05, 0.1) is 0 Å². The predicted molar refractivity (Wildman–Crippen MR) is 266 cm³/mol. The van der Waals surface area contributed by atoms with Gasteiger partial charge in [0.1, 0.15) is 0 Å². The van der Waals surface area contributed by atoms with Crippen molar-refractivity contribution in [2.24, 2.45) is 0 Å². The summed E-state index contributed by atoms with van der Waals surface area (Å²) in [5, 5.41) is 0. The molecule has 62 heavy (non-hydrogen) atoms. The van der Waals surface area contributed by atoms with Crippen molar-refractivity contribution in [1.29, 1.82) is 0 Å². The lowest BCUT2D eigenvalue weighted by Gasteiger charge is -2.28. The summed E-state index contributed by atoms with van der Waals surface area (Å²) < 4.78 is 0. The minimum Gasteiger partial charge on any atom is -0.310 e. The largest absolute Gasteiger partial charge is 0.310 e. The molecule has 9 aromatic rings. The third-order valence-corrected chi connectivity index (χ3v) is 12.5. The van der Waals surface area contributed by atoms with E-state index in [0.717, 1.165) is 23.5 Å². The van der Waals surface area contributed by atoms with Crippen molar-refractivity contribution in [2.75, 3.05) is 4.90 Å². The first-order chi connectivity index (χ1) is 30.2. The average molecular weight is 800 g/mol. The van der Waals surface area contributed by atoms with E-state index in [9.17, 15) is 0 Å². The lowest BCUT2D eigenvalue weighted by molar-refractivity contribution is 1.18. The van der Waals surface area contributed by atoms with Crippen LogP contribution in [0.1, 0.15) is 44.5 Å². The van der Waals surface area contributed by atoms with Crippen LogP contribution in [-0.2, 0) is 6.42 Å². The van der Waals surface area contributed by atoms with Crippen LogP contribution < -0.4 is 4.90 Å². The van der Waals surface area contributed by atoms with Gasteiger partial charge in [-0.1, -0.05) is 164 Å². The summed E-state index contributed by atoms with van der Waals surface area (Å²) in [6, 6.07) is 73.9. The first-order valence-corrected chi connectivity index (χ1v) is 21.8. The highest BCUT2D eigenvalue weighted by atomic mass is 15.1. The molecule has 0 fully saturated rings. The monoisotopic (exact) mass is 799 g/mol. The molecule has 302 valence electrons. The van der Waals surface area contributed by atoms with E-state index in [4.69, 9.17) is 0 Å². The van der Waals surface area contributed by atoms with Crippen LogP contribution in [0.2, 0.25) is 0 Å². The van der Waals surface area contributed by atoms with Gasteiger partial charge in [-0.25, -0.2) is 0 Å². The maximum atomic E-state index is 2.45. The van der Waals surface area contributed by atoms with Gasteiger partial charge < -0.3 is 4.90 Å². The zero-order valence-corrected chi connectivity index (χ0v) is 36.7. The van der Waals surface area contributed by atoms with Crippen LogP contribution in [0.4, 0.5) is 17.1 Å². The number of hydrogen-bond donors (Lipinski definition) is 0. The third-order valence-electron chi connectivity index (χ3n) is 12.5. The highest BCUT2D eigenvalue weighted by Gasteiger charge is 2.20. The molecule has 0 radical (unpaired) electrons. The summed E-state index contributed by atoms with van der Waals surface area (Å²) in [4.78, 5) is 2.45. The summed E-state index contributed by atoms with van der Waals surface area (Å²) in [5.41, 5.74) is 26.1. The molecule has 1 heteroatoms. The van der Waals surface area contributed by atoms with Crippen LogP contribution in [0.3, 0.4) is 0 Å². The zero-order valence-electron chi connectivity index (χ0n) is 36.7. The van der Waals surface area contributed by atoms with Gasteiger partial charge in [-0.3, -0.25) is 0 Å². The number of aryl methyl sites for hydroxylation is 6. The predicted octanol–water partition coefficient (Wildman–Crippen LogP) is 16.9. The molecule has 0 spiro atoms. The van der Waals surface area contributed by atoms with E-state index >= 15 is 0 Å². The average Bonchev–Trinajstić information content (AvgIpc) is 3.28. The molecular formula is C61H53N. The van der Waals surface area contributed by atoms with Crippen LogP contribution in [0.5, 0.6) is 0 Å². The smallest absolute Gasteiger partial charge is 0.0470 e. The number of anilines is 3. The molecule has 0 N–H and O–H groups in total. The molecule has 0 aromatic heterocycles. The van der Waals surface area contributed by atoms with Gasteiger partial charge in [0.15, 0.2) is 0 Å². The standard InChI is InChI=1S/C61H53N/c1-41-17-13-18-42(2)59(41)50-29-33-53(34-30-50)62(54-35-31-51(32-36-54)60-43(3)19-14-20-44(60)4)55-38-47(37-52(40-55)61-45(5)21-15-22-46(61)6)39-58-56(48-23-9-7-10-24-48)27-16-28-57(58)49-25-11-8-12-26-49/h7-38,40H,39H2,1-6H3. The molecular weight excluding hydrogens is 747 g/mol. The van der Waals surface area contributed by atoms with Crippen LogP contribution in [0.25, 0.3) is 55.6 Å². The van der Waals surface area contributed by atoms with Crippen molar-refractivity contribution in [3.8, 4) is 55.6 Å². The molecule has 0 saturated heterocycles. The summed E-state index contributed by atoms with van der Waals surface area (Å²) in [6.07, 6.45) is 0.756. The fourth-order valence-corrected chi connectivity index (χ4v) is 9.62. The minimum absolute atomic E-state index is 0.756. The third kappa shape index (κ3) is 8.03. The highest BCUT2D eigenvalue weighted by molar-refractivity contribution is 5.86. The van der Waals surface area contributed by atoms with Crippen molar-refractivity contribution in [3.05, 3.63) is 245 Å². The Morgan fingerprint density at radius 1 is 0.290 bits per heavy atom. The van der Waals surface area contributed by atoms with Gasteiger partial charge in [-0.05, 0) is 185 Å². The maximum absolute atomic E-state index is 2.45. The van der Waals surface area contributed by atoms with E-state index in [1.807, 2.05) is 0 Å². The second-order valence-corrected chi connectivity index (χ2v) is 16.9. The van der Waals surface area contributed by atoms with Crippen molar-refractivity contribution >= 4 is 17.1 Å². The Bertz CT molecular complexity index is 2800. The minimum atomic E-state index is 0.756. The lowest BCUT2D eigenvalue weighted by Crippen LogP contribution is -2.11. The first kappa shape index (κ1) is 40.2. The van der Waals surface area contributed by atoms with E-state index < -0.39 is 0 Å². The van der Waals surface area contributed by atoms with Crippen LogP contribution in [0, 0.1) is 41.5 Å². The Hall–Kier alpha value is -7.22. The Balaban J connectivity index is 1.26. The van der Waals surface area contributed by atoms with Gasteiger partial charge in [0.25, 0.3) is 0 Å². The molecule has 9 rings (SSSR count). The van der Waals surface area contributed by atoms with Gasteiger partial charge in [0, 0.05) is 17.1 Å². The number of nitrogens with zero attached hydrogens (tertiary/aromatic N) is 1. The van der Waals surface area contributed by atoms with E-state index in [1.54, 1.807) is 0 Å². The zero-order chi connectivity index (χ0) is 42.7. The summed E-state index contributed by atoms with van der Waals surface area (Å²) in [6.45, 7) is 13.3. The maximum Gasteiger partial charge on any atom is 0.0470 e. The Kier molecular flexibility index (Phi) is 11.3. The number of hydrogen-bond acceptors (Lipinski definition) is 1. The molecule has 0 bridgehead atoms. The summed E-state index contributed by atoms with van der Waals surface area (Å²) >= 11 is 0. The molecule has 9 aromatic carbocycles. The second-order valence-electron chi connectivity index (χ2n) is 16.9. The van der Waals surface area contributed by atoms with Crippen molar-refractivity contribution in [2.45, 2.75) is 48.0 Å². The van der Waals surface area contributed by atoms with E-state index in [1.165, 1.54) is 100 Å². The normalized spacial score (nSPS) is 11.1. The molecule has 0 heterocycles. The van der Waals surface area contributed by atoms with Gasteiger partial charge in [-0.2, -0.15) is 0 Å². The van der Waals surface area contributed by atoms with E-state index in [0.29, 0.717) is 0 Å². The second kappa shape index (κ2) is 17.4. The van der Waals surface area contributed by atoms with Crippen LogP contribution in [0.15, 0.2) is 200 Å². The molecule has 0 aliphatic carbocycles. The molecule has 0 saturated carbocycles. The molecule has 0 aliphatic heterocycles. The Morgan fingerprint density at radius 3 is 1.06 bits per heavy atom. The quantitative estimate of drug-likeness (QED) is 0.133. The SMILES string of the molecule is Cc1cccc(C)c1-c1ccc(N(c2ccc(-c3c(C)cccc3C)cc2)c2cc(Cc3c(-c4ccccc4)cccc3-c3ccccc3)cc(-c3c(C)cccc3C)c2)cc1. The van der Waals surface area contributed by atoms with E-state index in [2.05, 4.69) is 247 Å². The van der Waals surface area contributed by atoms with E-state index in [-0.39, 0.29) is 0 Å². The number of rotatable bonds is 10. The van der Waals surface area contributed by atoms with Gasteiger partial charge in [-0.15, -0.1) is 0 Å². The van der Waals surface area contributed by atoms with Crippen molar-refractivity contribution in [3.63, 3.8) is 0 Å². The highest BCUT2D eigenvalue weighted by Crippen LogP contribution is 2.43. The molecule has 0 atom stereocenters. The van der Waals surface area contributed by atoms with Gasteiger partial charge >= 0.3 is 0 Å². The van der Waals surface area contributed by atoms with Gasteiger partial charge in [0.2, 0.25) is 0 Å². The summed E-state index contributed by atoms with van der Waals surface area (Å²) in [7, 11) is 0. The van der Waals surface area contributed by atoms with Crippen molar-refractivity contribution < 1.29 is 0 Å². The van der Waals surface area contributed by atoms with Crippen molar-refractivity contribution in [1.82, 2.24) is 0 Å². The molecule has 0 amide bonds.